The number of benzene rings is 3. The maximum atomic E-state index is 14.9. The van der Waals surface area contributed by atoms with Gasteiger partial charge in [-0.3, -0.25) is 4.98 Å². The highest BCUT2D eigenvalue weighted by Crippen LogP contribution is 2.38. The van der Waals surface area contributed by atoms with Crippen molar-refractivity contribution >= 4 is 32.6 Å². The maximum Gasteiger partial charge on any atom is 0.332 e. The molecule has 4 rings (SSSR count). The number of amides is 2. The molecule has 2 amide bonds. The molecule has 0 bridgehead atoms. The number of aromatic nitrogens is 1. The van der Waals surface area contributed by atoms with E-state index >= 15 is 0 Å². The van der Waals surface area contributed by atoms with Gasteiger partial charge in [0, 0.05) is 29.4 Å². The number of urea groups is 1. The summed E-state index contributed by atoms with van der Waals surface area (Å²) in [6, 6.07) is 12.4. The molecule has 3 aromatic carbocycles. The minimum atomic E-state index is -4.09. The summed E-state index contributed by atoms with van der Waals surface area (Å²) in [5.74, 6) is -0.672. The maximum absolute atomic E-state index is 14.9. The highest BCUT2D eigenvalue weighted by atomic mass is 32.2. The average Bonchev–Trinajstić information content (AvgIpc) is 2.91. The molecule has 0 fully saturated rings. The summed E-state index contributed by atoms with van der Waals surface area (Å²) in [7, 11) is -2.58. The van der Waals surface area contributed by atoms with Gasteiger partial charge in [-0.15, -0.1) is 0 Å². The predicted molar refractivity (Wildman–Crippen MR) is 146 cm³/mol. The van der Waals surface area contributed by atoms with E-state index in [2.05, 4.69) is 17.2 Å². The molecule has 2 N–H and O–H groups in total. The number of carbonyl (C=O) groups is 1. The zero-order chi connectivity index (χ0) is 28.7. The van der Waals surface area contributed by atoms with Gasteiger partial charge in [-0.2, -0.15) is 0 Å². The zero-order valence-electron chi connectivity index (χ0n) is 21.7. The Labute approximate surface area is 230 Å². The standard InChI is InChI=1S/C28H27F2N3O6S/c1-3-4-13-38-27-16-23-21(15-26(27)37-2)24(11-12-31-23)39-25-10-9-20(14-22(25)30)32-28(34)33-40(35,36)17-18-5-7-19(29)8-6-18/h5-12,14-16H,3-4,13,17H2,1-2H3,(H2,32,33,34). The lowest BCUT2D eigenvalue weighted by atomic mass is 10.1. The van der Waals surface area contributed by atoms with Crippen LogP contribution in [0.5, 0.6) is 23.0 Å². The number of hydrogen-bond donors (Lipinski definition) is 2. The molecule has 0 saturated carbocycles. The molecular formula is C28H27F2N3O6S. The number of hydrogen-bond acceptors (Lipinski definition) is 7. The van der Waals surface area contributed by atoms with E-state index in [9.17, 15) is 22.0 Å². The Kier molecular flexibility index (Phi) is 9.00. The van der Waals surface area contributed by atoms with Crippen molar-refractivity contribution < 1.29 is 36.2 Å². The van der Waals surface area contributed by atoms with Gasteiger partial charge in [0.2, 0.25) is 10.0 Å². The van der Waals surface area contributed by atoms with Gasteiger partial charge in [-0.25, -0.2) is 26.7 Å². The van der Waals surface area contributed by atoms with E-state index in [-0.39, 0.29) is 17.0 Å². The molecule has 0 aliphatic rings. The largest absolute Gasteiger partial charge is 0.493 e. The van der Waals surface area contributed by atoms with Crippen LogP contribution in [0.4, 0.5) is 19.3 Å². The van der Waals surface area contributed by atoms with E-state index < -0.39 is 33.4 Å². The minimum absolute atomic E-state index is 0.00513. The van der Waals surface area contributed by atoms with Gasteiger partial charge in [0.25, 0.3) is 0 Å². The third-order valence-electron chi connectivity index (χ3n) is 5.67. The molecule has 0 radical (unpaired) electrons. The van der Waals surface area contributed by atoms with E-state index in [4.69, 9.17) is 14.2 Å². The molecule has 1 heterocycles. The number of fused-ring (bicyclic) bond motifs is 1. The van der Waals surface area contributed by atoms with Gasteiger partial charge < -0.3 is 19.5 Å². The van der Waals surface area contributed by atoms with Gasteiger partial charge in [-0.1, -0.05) is 25.5 Å². The van der Waals surface area contributed by atoms with Gasteiger partial charge in [0.1, 0.15) is 11.6 Å². The number of methoxy groups -OCH3 is 1. The van der Waals surface area contributed by atoms with Crippen LogP contribution in [0, 0.1) is 11.6 Å². The van der Waals surface area contributed by atoms with Crippen molar-refractivity contribution in [2.24, 2.45) is 0 Å². The molecule has 0 atom stereocenters. The molecular weight excluding hydrogens is 544 g/mol. The van der Waals surface area contributed by atoms with Crippen LogP contribution in [0.25, 0.3) is 10.9 Å². The Bertz CT molecular complexity index is 1610. The van der Waals surface area contributed by atoms with Crippen LogP contribution in [0.15, 0.2) is 66.9 Å². The first-order valence-corrected chi connectivity index (χ1v) is 14.0. The summed E-state index contributed by atoms with van der Waals surface area (Å²) in [5, 5.41) is 2.84. The SMILES string of the molecule is CCCCOc1cc2nccc(Oc3ccc(NC(=O)NS(=O)(=O)Cc4ccc(F)cc4)cc3F)c2cc1OC. The number of carbonyl (C=O) groups excluding carboxylic acids is 1. The number of rotatable bonds is 11. The van der Waals surface area contributed by atoms with Gasteiger partial charge in [-0.05, 0) is 48.4 Å². The quantitative estimate of drug-likeness (QED) is 0.208. The molecule has 0 aliphatic heterocycles. The van der Waals surface area contributed by atoms with Crippen LogP contribution in [0.1, 0.15) is 25.3 Å². The monoisotopic (exact) mass is 571 g/mol. The van der Waals surface area contributed by atoms with Crippen molar-refractivity contribution in [1.29, 1.82) is 0 Å². The predicted octanol–water partition coefficient (Wildman–Crippen LogP) is 6.14. The van der Waals surface area contributed by atoms with Crippen molar-refractivity contribution in [3.8, 4) is 23.0 Å². The van der Waals surface area contributed by atoms with Crippen molar-refractivity contribution in [2.45, 2.75) is 25.5 Å². The Hall–Kier alpha value is -4.45. The number of sulfonamides is 1. The number of unbranched alkanes of at least 4 members (excludes halogenated alkanes) is 1. The number of pyridine rings is 1. The molecule has 12 heteroatoms. The molecule has 40 heavy (non-hydrogen) atoms. The fourth-order valence-corrected chi connectivity index (χ4v) is 4.77. The summed E-state index contributed by atoms with van der Waals surface area (Å²) in [4.78, 5) is 16.6. The van der Waals surface area contributed by atoms with Crippen LogP contribution in [0.3, 0.4) is 0 Å². The first-order valence-electron chi connectivity index (χ1n) is 12.3. The summed E-state index contributed by atoms with van der Waals surface area (Å²) >= 11 is 0. The van der Waals surface area contributed by atoms with Gasteiger partial charge in [0.05, 0.1) is 25.0 Å². The Morgan fingerprint density at radius 2 is 1.73 bits per heavy atom. The normalized spacial score (nSPS) is 11.2. The molecule has 1 aromatic heterocycles. The molecule has 9 nitrogen and oxygen atoms in total. The Morgan fingerprint density at radius 3 is 2.42 bits per heavy atom. The number of nitrogens with one attached hydrogen (secondary N) is 2. The third-order valence-corrected chi connectivity index (χ3v) is 6.88. The second-order valence-corrected chi connectivity index (χ2v) is 10.4. The zero-order valence-corrected chi connectivity index (χ0v) is 22.6. The number of ether oxygens (including phenoxy) is 3. The fourth-order valence-electron chi connectivity index (χ4n) is 3.73. The molecule has 210 valence electrons. The highest BCUT2D eigenvalue weighted by molar-refractivity contribution is 7.89. The summed E-state index contributed by atoms with van der Waals surface area (Å²) in [5.41, 5.74) is 0.840. The first kappa shape index (κ1) is 28.6. The Morgan fingerprint density at radius 1 is 0.950 bits per heavy atom. The number of anilines is 1. The lowest BCUT2D eigenvalue weighted by Gasteiger charge is -2.14. The van der Waals surface area contributed by atoms with Crippen LogP contribution in [-0.4, -0.2) is 33.1 Å². The van der Waals surface area contributed by atoms with Crippen LogP contribution in [-0.2, 0) is 15.8 Å². The van der Waals surface area contributed by atoms with Crippen LogP contribution >= 0.6 is 0 Å². The Balaban J connectivity index is 1.45. The van der Waals surface area contributed by atoms with Crippen molar-refractivity contribution in [3.63, 3.8) is 0 Å². The van der Waals surface area contributed by atoms with Crippen molar-refractivity contribution in [2.75, 3.05) is 19.0 Å². The van der Waals surface area contributed by atoms with Crippen molar-refractivity contribution in [3.05, 3.63) is 84.1 Å². The third kappa shape index (κ3) is 7.35. The van der Waals surface area contributed by atoms with Crippen LogP contribution in [0.2, 0.25) is 0 Å². The second kappa shape index (κ2) is 12.6. The van der Waals surface area contributed by atoms with E-state index in [1.54, 1.807) is 18.2 Å². The second-order valence-electron chi connectivity index (χ2n) is 8.72. The summed E-state index contributed by atoms with van der Waals surface area (Å²) < 4.78 is 71.4. The molecule has 0 aliphatic carbocycles. The number of nitrogens with zero attached hydrogens (tertiary/aromatic N) is 1. The van der Waals surface area contributed by atoms with E-state index in [1.807, 2.05) is 4.72 Å². The molecule has 0 spiro atoms. The van der Waals surface area contributed by atoms with Crippen molar-refractivity contribution in [1.82, 2.24) is 9.71 Å². The number of halogens is 2. The summed E-state index contributed by atoms with van der Waals surface area (Å²) in [6.45, 7) is 2.59. The average molecular weight is 572 g/mol. The lowest BCUT2D eigenvalue weighted by Crippen LogP contribution is -2.35. The molecule has 0 saturated heterocycles. The summed E-state index contributed by atoms with van der Waals surface area (Å²) in [6.07, 6.45) is 3.38. The van der Waals surface area contributed by atoms with Gasteiger partial charge in [0.15, 0.2) is 23.1 Å². The van der Waals surface area contributed by atoms with Gasteiger partial charge >= 0.3 is 6.03 Å². The first-order chi connectivity index (χ1) is 19.2. The van der Waals surface area contributed by atoms with E-state index in [0.717, 1.165) is 31.0 Å². The molecule has 4 aromatic rings. The smallest absolute Gasteiger partial charge is 0.332 e. The van der Waals surface area contributed by atoms with E-state index in [0.29, 0.717) is 34.8 Å². The molecule has 0 unspecified atom stereocenters. The highest BCUT2D eigenvalue weighted by Gasteiger charge is 2.17. The van der Waals surface area contributed by atoms with E-state index in [1.165, 1.54) is 37.6 Å². The minimum Gasteiger partial charge on any atom is -0.493 e. The lowest BCUT2D eigenvalue weighted by molar-refractivity contribution is 0.256. The topological polar surface area (TPSA) is 116 Å². The van der Waals surface area contributed by atoms with Crippen LogP contribution < -0.4 is 24.2 Å². The fraction of sp³-hybridized carbons (Fsp3) is 0.214.